The van der Waals surface area contributed by atoms with E-state index in [-0.39, 0.29) is 4.70 Å². The molecule has 0 bridgehead atoms. The van der Waals surface area contributed by atoms with E-state index in [0.717, 1.165) is 23.0 Å². The highest BCUT2D eigenvalue weighted by Crippen LogP contribution is 2.40. The van der Waals surface area contributed by atoms with Crippen LogP contribution in [0.15, 0.2) is 23.6 Å². The molecular weight excluding hydrogens is 247 g/mol. The van der Waals surface area contributed by atoms with E-state index >= 15 is 0 Å². The molecular formula is C12H12F3NS. The van der Waals surface area contributed by atoms with Crippen LogP contribution in [-0.2, 0) is 11.7 Å². The van der Waals surface area contributed by atoms with Crippen LogP contribution in [0, 0.1) is 0 Å². The van der Waals surface area contributed by atoms with E-state index in [1.54, 1.807) is 25.3 Å². The van der Waals surface area contributed by atoms with Crippen LogP contribution in [0.1, 0.15) is 25.0 Å². The molecule has 0 unspecified atom stereocenters. The van der Waals surface area contributed by atoms with Crippen LogP contribution in [0.2, 0.25) is 0 Å². The topological polar surface area (TPSA) is 26.0 Å². The fourth-order valence-electron chi connectivity index (χ4n) is 1.78. The molecule has 0 amide bonds. The van der Waals surface area contributed by atoms with Crippen molar-refractivity contribution in [1.29, 1.82) is 0 Å². The van der Waals surface area contributed by atoms with Gasteiger partial charge in [0.15, 0.2) is 0 Å². The maximum Gasteiger partial charge on any atom is 0.417 e. The van der Waals surface area contributed by atoms with Crippen LogP contribution in [0.4, 0.5) is 13.2 Å². The van der Waals surface area contributed by atoms with Gasteiger partial charge < -0.3 is 5.73 Å². The first-order valence-electron chi connectivity index (χ1n) is 5.08. The Bertz CT molecular complexity index is 549. The molecule has 1 heterocycles. The van der Waals surface area contributed by atoms with Crippen LogP contribution < -0.4 is 5.73 Å². The van der Waals surface area contributed by atoms with Gasteiger partial charge in [0.2, 0.25) is 0 Å². The molecule has 17 heavy (non-hydrogen) atoms. The molecule has 0 saturated heterocycles. The van der Waals surface area contributed by atoms with Crippen molar-refractivity contribution in [2.24, 2.45) is 5.73 Å². The first-order chi connectivity index (χ1) is 7.71. The molecule has 1 nitrogen and oxygen atoms in total. The number of thiophene rings is 1. The largest absolute Gasteiger partial charge is 0.417 e. The second kappa shape index (κ2) is 3.71. The van der Waals surface area contributed by atoms with E-state index in [4.69, 9.17) is 5.73 Å². The summed E-state index contributed by atoms with van der Waals surface area (Å²) < 4.78 is 38.7. The van der Waals surface area contributed by atoms with E-state index in [2.05, 4.69) is 0 Å². The maximum absolute atomic E-state index is 12.8. The maximum atomic E-state index is 12.8. The monoisotopic (exact) mass is 259 g/mol. The van der Waals surface area contributed by atoms with Crippen molar-refractivity contribution in [1.82, 2.24) is 0 Å². The van der Waals surface area contributed by atoms with Crippen LogP contribution in [0.5, 0.6) is 0 Å². The number of nitrogens with two attached hydrogens (primary N) is 1. The third-order valence-electron chi connectivity index (χ3n) is 2.60. The molecule has 0 radical (unpaired) electrons. The molecule has 0 aliphatic carbocycles. The molecule has 2 rings (SSSR count). The molecule has 0 saturated carbocycles. The van der Waals surface area contributed by atoms with Crippen molar-refractivity contribution < 1.29 is 13.2 Å². The molecule has 0 fully saturated rings. The van der Waals surface area contributed by atoms with Crippen molar-refractivity contribution in [2.75, 3.05) is 0 Å². The fraction of sp³-hybridized carbons (Fsp3) is 0.333. The lowest BCUT2D eigenvalue weighted by Gasteiger charge is -2.18. The summed E-state index contributed by atoms with van der Waals surface area (Å²) in [5, 5.41) is 2.30. The summed E-state index contributed by atoms with van der Waals surface area (Å²) in [5.74, 6) is 0. The Morgan fingerprint density at radius 2 is 1.76 bits per heavy atom. The second-order valence-corrected chi connectivity index (χ2v) is 5.43. The third-order valence-corrected chi connectivity index (χ3v) is 3.63. The summed E-state index contributed by atoms with van der Waals surface area (Å²) in [6.45, 7) is 3.57. The van der Waals surface area contributed by atoms with Crippen LogP contribution in [0.25, 0.3) is 10.1 Å². The van der Waals surface area contributed by atoms with E-state index in [0.29, 0.717) is 5.39 Å². The summed E-state index contributed by atoms with van der Waals surface area (Å²) in [6, 6.07) is 4.21. The first kappa shape index (κ1) is 12.4. The highest BCUT2D eigenvalue weighted by atomic mass is 32.1. The minimum absolute atomic E-state index is 0.258. The van der Waals surface area contributed by atoms with Crippen molar-refractivity contribution in [2.45, 2.75) is 25.6 Å². The zero-order valence-corrected chi connectivity index (χ0v) is 10.2. The van der Waals surface area contributed by atoms with Crippen LogP contribution in [-0.4, -0.2) is 0 Å². The second-order valence-electron chi connectivity index (χ2n) is 4.55. The van der Waals surface area contributed by atoms with Gasteiger partial charge >= 0.3 is 6.18 Å². The van der Waals surface area contributed by atoms with Gasteiger partial charge in [-0.05, 0) is 36.2 Å². The van der Waals surface area contributed by atoms with Crippen molar-refractivity contribution in [3.05, 3.63) is 34.7 Å². The number of alkyl halides is 3. The molecule has 0 spiro atoms. The van der Waals surface area contributed by atoms with Crippen LogP contribution >= 0.6 is 11.3 Å². The van der Waals surface area contributed by atoms with Gasteiger partial charge in [0.25, 0.3) is 0 Å². The molecule has 0 aliphatic heterocycles. The van der Waals surface area contributed by atoms with Gasteiger partial charge in [0, 0.05) is 10.2 Å². The lowest BCUT2D eigenvalue weighted by atomic mass is 9.94. The number of rotatable bonds is 1. The van der Waals surface area contributed by atoms with Gasteiger partial charge in [-0.15, -0.1) is 11.3 Å². The summed E-state index contributed by atoms with van der Waals surface area (Å²) in [5.41, 5.74) is 5.48. The van der Waals surface area contributed by atoms with E-state index in [9.17, 15) is 13.2 Å². The summed E-state index contributed by atoms with van der Waals surface area (Å²) >= 11 is 1.09. The highest BCUT2D eigenvalue weighted by Gasteiger charge is 2.34. The molecule has 0 aliphatic rings. The van der Waals surface area contributed by atoms with Gasteiger partial charge in [-0.25, -0.2) is 0 Å². The number of halogens is 3. The lowest BCUT2D eigenvalue weighted by Crippen LogP contribution is -2.28. The van der Waals surface area contributed by atoms with E-state index < -0.39 is 17.3 Å². The van der Waals surface area contributed by atoms with Gasteiger partial charge in [-0.2, -0.15) is 13.2 Å². The molecule has 1 aromatic carbocycles. The Morgan fingerprint density at radius 1 is 1.12 bits per heavy atom. The average Bonchev–Trinajstić information content (AvgIpc) is 2.57. The van der Waals surface area contributed by atoms with Gasteiger partial charge in [0.1, 0.15) is 0 Å². The molecule has 2 N–H and O–H groups in total. The van der Waals surface area contributed by atoms with E-state index in [1.165, 1.54) is 6.07 Å². The Balaban J connectivity index is 2.74. The quantitative estimate of drug-likeness (QED) is 0.819. The Morgan fingerprint density at radius 3 is 2.29 bits per heavy atom. The number of hydrogen-bond donors (Lipinski definition) is 1. The van der Waals surface area contributed by atoms with Gasteiger partial charge in [-0.3, -0.25) is 0 Å². The summed E-state index contributed by atoms with van der Waals surface area (Å²) in [7, 11) is 0. The predicted octanol–water partition coefficient (Wildman–Crippen LogP) is 4.11. The lowest BCUT2D eigenvalue weighted by molar-refractivity contribution is -0.136. The van der Waals surface area contributed by atoms with E-state index in [1.807, 2.05) is 0 Å². The zero-order valence-electron chi connectivity index (χ0n) is 9.43. The Labute approximate surface area is 101 Å². The highest BCUT2D eigenvalue weighted by molar-refractivity contribution is 7.17. The zero-order chi connectivity index (χ0) is 12.8. The summed E-state index contributed by atoms with van der Waals surface area (Å²) in [6.07, 6.45) is -4.32. The van der Waals surface area contributed by atoms with Gasteiger partial charge in [-0.1, -0.05) is 12.1 Å². The Kier molecular flexibility index (Phi) is 2.71. The third kappa shape index (κ3) is 2.17. The SMILES string of the molecule is CC(C)(N)c1csc2c(C(F)(F)F)cccc12. The smallest absolute Gasteiger partial charge is 0.322 e. The molecule has 2 aromatic rings. The number of fused-ring (bicyclic) bond motifs is 1. The number of benzene rings is 1. The number of hydrogen-bond acceptors (Lipinski definition) is 2. The predicted molar refractivity (Wildman–Crippen MR) is 64.0 cm³/mol. The minimum Gasteiger partial charge on any atom is -0.322 e. The molecule has 92 valence electrons. The minimum atomic E-state index is -4.32. The fourth-order valence-corrected chi connectivity index (χ4v) is 3.06. The molecule has 0 atom stereocenters. The van der Waals surface area contributed by atoms with Crippen molar-refractivity contribution >= 4 is 21.4 Å². The summed E-state index contributed by atoms with van der Waals surface area (Å²) in [4.78, 5) is 0. The van der Waals surface area contributed by atoms with Crippen molar-refractivity contribution in [3.8, 4) is 0 Å². The average molecular weight is 259 g/mol. The first-order valence-corrected chi connectivity index (χ1v) is 5.96. The Hall–Kier alpha value is -1.07. The van der Waals surface area contributed by atoms with Gasteiger partial charge in [0.05, 0.1) is 5.56 Å². The van der Waals surface area contributed by atoms with Crippen molar-refractivity contribution in [3.63, 3.8) is 0 Å². The van der Waals surface area contributed by atoms with Crippen LogP contribution in [0.3, 0.4) is 0 Å². The normalized spacial score (nSPS) is 13.3. The standard InChI is InChI=1S/C12H12F3NS/c1-11(2,16)9-6-17-10-7(9)4-3-5-8(10)12(13,14)15/h3-6H,16H2,1-2H3. The molecule has 1 aromatic heterocycles. The molecule has 5 heteroatoms.